The fourth-order valence-corrected chi connectivity index (χ4v) is 2.41. The quantitative estimate of drug-likeness (QED) is 0.604. The van der Waals surface area contributed by atoms with Crippen LogP contribution in [0.25, 0.3) is 0 Å². The summed E-state index contributed by atoms with van der Waals surface area (Å²) < 4.78 is 3.73. The monoisotopic (exact) mass is 262 g/mol. The lowest BCUT2D eigenvalue weighted by Gasteiger charge is -2.15. The molecular weight excluding hydrogens is 240 g/mol. The van der Waals surface area contributed by atoms with Crippen LogP contribution < -0.4 is 11.3 Å². The molecule has 1 atom stereocenters. The zero-order valence-electron chi connectivity index (χ0n) is 12.0. The van der Waals surface area contributed by atoms with E-state index in [1.165, 1.54) is 16.8 Å². The van der Waals surface area contributed by atoms with E-state index in [4.69, 9.17) is 5.84 Å². The number of nitrogens with two attached hydrogens (primary N) is 1. The SMILES string of the molecule is Cc1nn(C)c(C)c1CC(Cc1cnn(C)c1)NN. The molecule has 0 aliphatic heterocycles. The van der Waals surface area contributed by atoms with Crippen molar-refractivity contribution < 1.29 is 0 Å². The second kappa shape index (κ2) is 5.54. The Hall–Kier alpha value is -1.66. The van der Waals surface area contributed by atoms with Gasteiger partial charge in [0, 0.05) is 32.0 Å². The van der Waals surface area contributed by atoms with Gasteiger partial charge in [0.1, 0.15) is 0 Å². The third-order valence-corrected chi connectivity index (χ3v) is 3.59. The van der Waals surface area contributed by atoms with E-state index in [0.29, 0.717) is 0 Å². The molecule has 0 saturated carbocycles. The molecule has 6 nitrogen and oxygen atoms in total. The van der Waals surface area contributed by atoms with Crippen LogP contribution in [0.15, 0.2) is 12.4 Å². The Morgan fingerprint density at radius 2 is 2.05 bits per heavy atom. The van der Waals surface area contributed by atoms with E-state index in [1.54, 1.807) is 0 Å². The summed E-state index contributed by atoms with van der Waals surface area (Å²) in [4.78, 5) is 0. The average molecular weight is 262 g/mol. The molecule has 0 fully saturated rings. The van der Waals surface area contributed by atoms with Crippen molar-refractivity contribution in [1.82, 2.24) is 25.0 Å². The largest absolute Gasteiger partial charge is 0.276 e. The molecule has 19 heavy (non-hydrogen) atoms. The van der Waals surface area contributed by atoms with Crippen LogP contribution in [0.1, 0.15) is 22.5 Å². The molecule has 6 heteroatoms. The molecule has 0 saturated heterocycles. The van der Waals surface area contributed by atoms with Crippen LogP contribution in [0, 0.1) is 13.8 Å². The van der Waals surface area contributed by atoms with Crippen molar-refractivity contribution in [2.24, 2.45) is 19.9 Å². The summed E-state index contributed by atoms with van der Waals surface area (Å²) in [5, 5.41) is 8.62. The van der Waals surface area contributed by atoms with Crippen LogP contribution >= 0.6 is 0 Å². The minimum absolute atomic E-state index is 0.186. The maximum absolute atomic E-state index is 5.68. The van der Waals surface area contributed by atoms with Gasteiger partial charge in [0.15, 0.2) is 0 Å². The molecule has 0 aliphatic carbocycles. The van der Waals surface area contributed by atoms with Crippen molar-refractivity contribution >= 4 is 0 Å². The summed E-state index contributed by atoms with van der Waals surface area (Å²) >= 11 is 0. The number of rotatable bonds is 5. The number of hydrogen-bond acceptors (Lipinski definition) is 4. The third kappa shape index (κ3) is 3.02. The summed E-state index contributed by atoms with van der Waals surface area (Å²) in [5.41, 5.74) is 7.63. The first kappa shape index (κ1) is 13.8. The number of hydrazine groups is 1. The first-order valence-electron chi connectivity index (χ1n) is 6.44. The van der Waals surface area contributed by atoms with E-state index >= 15 is 0 Å². The van der Waals surface area contributed by atoms with E-state index in [-0.39, 0.29) is 6.04 Å². The maximum Gasteiger partial charge on any atom is 0.0628 e. The van der Waals surface area contributed by atoms with Gasteiger partial charge in [-0.1, -0.05) is 0 Å². The van der Waals surface area contributed by atoms with Gasteiger partial charge in [0.2, 0.25) is 0 Å². The zero-order chi connectivity index (χ0) is 14.0. The van der Waals surface area contributed by atoms with Crippen molar-refractivity contribution in [2.75, 3.05) is 0 Å². The smallest absolute Gasteiger partial charge is 0.0628 e. The number of nitrogens with one attached hydrogen (secondary N) is 1. The van der Waals surface area contributed by atoms with E-state index in [9.17, 15) is 0 Å². The van der Waals surface area contributed by atoms with Crippen molar-refractivity contribution in [3.05, 3.63) is 34.9 Å². The Morgan fingerprint density at radius 1 is 1.32 bits per heavy atom. The van der Waals surface area contributed by atoms with Crippen LogP contribution in [0.4, 0.5) is 0 Å². The topological polar surface area (TPSA) is 73.7 Å². The maximum atomic E-state index is 5.68. The van der Waals surface area contributed by atoms with Gasteiger partial charge >= 0.3 is 0 Å². The fourth-order valence-electron chi connectivity index (χ4n) is 2.41. The molecule has 0 radical (unpaired) electrons. The van der Waals surface area contributed by atoms with Crippen molar-refractivity contribution in [2.45, 2.75) is 32.7 Å². The second-order valence-corrected chi connectivity index (χ2v) is 5.07. The minimum atomic E-state index is 0.186. The Balaban J connectivity index is 2.10. The zero-order valence-corrected chi connectivity index (χ0v) is 12.0. The number of hydrogen-bond donors (Lipinski definition) is 2. The van der Waals surface area contributed by atoms with Gasteiger partial charge in [0.05, 0.1) is 11.9 Å². The lowest BCUT2D eigenvalue weighted by Crippen LogP contribution is -2.38. The lowest BCUT2D eigenvalue weighted by atomic mass is 10.00. The van der Waals surface area contributed by atoms with Crippen LogP contribution in [-0.2, 0) is 26.9 Å². The summed E-state index contributed by atoms with van der Waals surface area (Å²) in [7, 11) is 3.89. The second-order valence-electron chi connectivity index (χ2n) is 5.07. The van der Waals surface area contributed by atoms with Crippen LogP contribution in [0.3, 0.4) is 0 Å². The first-order chi connectivity index (χ1) is 9.01. The van der Waals surface area contributed by atoms with E-state index in [0.717, 1.165) is 18.5 Å². The lowest BCUT2D eigenvalue weighted by molar-refractivity contribution is 0.520. The molecule has 0 aliphatic rings. The van der Waals surface area contributed by atoms with Crippen molar-refractivity contribution in [1.29, 1.82) is 0 Å². The molecule has 2 aromatic rings. The molecule has 2 aromatic heterocycles. The molecule has 0 amide bonds. The highest BCUT2D eigenvalue weighted by Gasteiger charge is 2.16. The molecule has 0 spiro atoms. The molecule has 0 aromatic carbocycles. The Kier molecular flexibility index (Phi) is 4.01. The summed E-state index contributed by atoms with van der Waals surface area (Å²) in [6.07, 6.45) is 5.63. The normalized spacial score (nSPS) is 12.9. The first-order valence-corrected chi connectivity index (χ1v) is 6.44. The van der Waals surface area contributed by atoms with Crippen LogP contribution in [-0.4, -0.2) is 25.6 Å². The van der Waals surface area contributed by atoms with Gasteiger partial charge in [-0.05, 0) is 37.8 Å². The standard InChI is InChI=1S/C13H22N6/c1-9-13(10(2)19(4)17-9)6-12(16-14)5-11-7-15-18(3)8-11/h7-8,12,16H,5-6,14H2,1-4H3. The van der Waals surface area contributed by atoms with E-state index in [2.05, 4.69) is 22.5 Å². The van der Waals surface area contributed by atoms with Crippen molar-refractivity contribution in [3.63, 3.8) is 0 Å². The number of nitrogens with zero attached hydrogens (tertiary/aromatic N) is 4. The Bertz CT molecular complexity index is 553. The predicted molar refractivity (Wildman–Crippen MR) is 74.4 cm³/mol. The Morgan fingerprint density at radius 3 is 2.53 bits per heavy atom. The van der Waals surface area contributed by atoms with Gasteiger partial charge in [-0.3, -0.25) is 20.6 Å². The number of aromatic nitrogens is 4. The molecule has 104 valence electrons. The minimum Gasteiger partial charge on any atom is -0.276 e. The fraction of sp³-hybridized carbons (Fsp3) is 0.538. The molecule has 1 unspecified atom stereocenters. The summed E-state index contributed by atoms with van der Waals surface area (Å²) in [6.45, 7) is 4.13. The molecule has 2 rings (SSSR count). The van der Waals surface area contributed by atoms with Gasteiger partial charge in [-0.15, -0.1) is 0 Å². The average Bonchev–Trinajstić information content (AvgIpc) is 2.87. The molecule has 0 bridgehead atoms. The van der Waals surface area contributed by atoms with Crippen molar-refractivity contribution in [3.8, 4) is 0 Å². The van der Waals surface area contributed by atoms with Gasteiger partial charge in [-0.25, -0.2) is 0 Å². The van der Waals surface area contributed by atoms with E-state index < -0.39 is 0 Å². The summed E-state index contributed by atoms with van der Waals surface area (Å²) in [6, 6.07) is 0.186. The molecular formula is C13H22N6. The highest BCUT2D eigenvalue weighted by Crippen LogP contribution is 2.15. The predicted octanol–water partition coefficient (Wildman–Crippen LogP) is 0.388. The van der Waals surface area contributed by atoms with Crippen LogP contribution in [0.2, 0.25) is 0 Å². The summed E-state index contributed by atoms with van der Waals surface area (Å²) in [5.74, 6) is 5.68. The highest BCUT2D eigenvalue weighted by atomic mass is 15.3. The third-order valence-electron chi connectivity index (χ3n) is 3.59. The Labute approximate surface area is 113 Å². The molecule has 2 heterocycles. The van der Waals surface area contributed by atoms with Gasteiger partial charge in [0.25, 0.3) is 0 Å². The number of aryl methyl sites for hydroxylation is 3. The molecule has 3 N–H and O–H groups in total. The van der Waals surface area contributed by atoms with Gasteiger partial charge in [-0.2, -0.15) is 10.2 Å². The van der Waals surface area contributed by atoms with E-state index in [1.807, 2.05) is 42.8 Å². The van der Waals surface area contributed by atoms with Crippen LogP contribution in [0.5, 0.6) is 0 Å². The van der Waals surface area contributed by atoms with Gasteiger partial charge < -0.3 is 0 Å². The highest BCUT2D eigenvalue weighted by molar-refractivity contribution is 5.26.